The average Bonchev–Trinajstić information content (AvgIpc) is 4.27. The maximum atomic E-state index is 7.79. The Morgan fingerprint density at radius 2 is 0.432 bits per heavy atom. The van der Waals surface area contributed by atoms with Gasteiger partial charge in [-0.05, 0) is 122 Å². The molecular formula is C68H72B2P4+2. The fourth-order valence-corrected chi connectivity index (χ4v) is 32.6. The Labute approximate surface area is 450 Å². The van der Waals surface area contributed by atoms with Gasteiger partial charge in [-0.15, -0.1) is 0 Å². The molecule has 8 aromatic rings. The van der Waals surface area contributed by atoms with E-state index < -0.39 is 14.3 Å². The lowest BCUT2D eigenvalue weighted by molar-refractivity contribution is 0.765. The van der Waals surface area contributed by atoms with Gasteiger partial charge in [-0.3, -0.25) is 0 Å². The monoisotopic (exact) mass is 1030 g/mol. The summed E-state index contributed by atoms with van der Waals surface area (Å²) >= 11 is 0. The summed E-state index contributed by atoms with van der Waals surface area (Å²) in [6.45, 7) is 0. The van der Waals surface area contributed by atoms with Crippen molar-refractivity contribution < 1.29 is 0 Å². The maximum absolute atomic E-state index is 7.79. The van der Waals surface area contributed by atoms with Crippen LogP contribution >= 0.6 is 30.1 Å². The van der Waals surface area contributed by atoms with Gasteiger partial charge in [0.2, 0.25) is 0 Å². The van der Waals surface area contributed by atoms with Crippen LogP contribution in [0.15, 0.2) is 243 Å². The summed E-state index contributed by atoms with van der Waals surface area (Å²) in [6.07, 6.45) is 15.0. The molecule has 0 amide bonds. The Bertz CT molecular complexity index is 2540. The molecule has 0 aromatic heterocycles. The van der Waals surface area contributed by atoms with Crippen molar-refractivity contribution in [2.24, 2.45) is 0 Å². The molecule has 12 rings (SSSR count). The van der Waals surface area contributed by atoms with Crippen molar-refractivity contribution in [3.8, 4) is 0 Å². The summed E-state index contributed by atoms with van der Waals surface area (Å²) in [7, 11) is 11.6. The highest BCUT2D eigenvalue weighted by Gasteiger charge is 2.59. The van der Waals surface area contributed by atoms with Crippen molar-refractivity contribution in [1.29, 1.82) is 0 Å². The van der Waals surface area contributed by atoms with E-state index in [1.54, 1.807) is 22.3 Å². The minimum atomic E-state index is -1.87. The van der Waals surface area contributed by atoms with Gasteiger partial charge in [0.25, 0.3) is 0 Å². The van der Waals surface area contributed by atoms with Gasteiger partial charge in [-0.25, -0.2) is 0 Å². The summed E-state index contributed by atoms with van der Waals surface area (Å²) in [4.78, 5) is 0. The van der Waals surface area contributed by atoms with Crippen LogP contribution in [0.3, 0.4) is 0 Å². The second-order valence-corrected chi connectivity index (χ2v) is 34.4. The highest BCUT2D eigenvalue weighted by atomic mass is 31.2. The molecule has 74 heavy (non-hydrogen) atoms. The topological polar surface area (TPSA) is 0 Å². The van der Waals surface area contributed by atoms with E-state index in [0.29, 0.717) is 22.6 Å². The van der Waals surface area contributed by atoms with Crippen LogP contribution in [0.5, 0.6) is 0 Å². The molecule has 6 heteroatoms. The Hall–Kier alpha value is -4.39. The van der Waals surface area contributed by atoms with E-state index in [0.717, 1.165) is 35.0 Å². The van der Waals surface area contributed by atoms with Crippen LogP contribution < -0.4 is 0 Å². The Balaban J connectivity index is 0.000000159. The van der Waals surface area contributed by atoms with Gasteiger partial charge in [-0.2, -0.15) is 0 Å². The quantitative estimate of drug-likeness (QED) is 0.0752. The number of rotatable bonds is 14. The van der Waals surface area contributed by atoms with E-state index in [1.165, 1.54) is 85.9 Å². The Morgan fingerprint density at radius 3 is 0.622 bits per heavy atom. The van der Waals surface area contributed by atoms with Crippen LogP contribution in [-0.4, -0.2) is 39.8 Å². The van der Waals surface area contributed by atoms with Crippen molar-refractivity contribution in [3.63, 3.8) is 0 Å². The van der Waals surface area contributed by atoms with Gasteiger partial charge in [0.15, 0.2) is 0 Å². The van der Waals surface area contributed by atoms with E-state index in [2.05, 4.69) is 243 Å². The molecule has 0 saturated carbocycles. The van der Waals surface area contributed by atoms with Crippen molar-refractivity contribution in [3.05, 3.63) is 287 Å². The van der Waals surface area contributed by atoms with Crippen LogP contribution in [0.4, 0.5) is 0 Å². The lowest BCUT2D eigenvalue weighted by atomic mass is 10.0. The summed E-state index contributed by atoms with van der Waals surface area (Å²) in [5.74, 6) is 0. The Kier molecular flexibility index (Phi) is 17.0. The number of hydrogen-bond acceptors (Lipinski definition) is 0. The van der Waals surface area contributed by atoms with Gasteiger partial charge in [0, 0.05) is 22.6 Å². The van der Waals surface area contributed by atoms with E-state index in [-0.39, 0.29) is 15.8 Å². The van der Waals surface area contributed by atoms with E-state index in [4.69, 9.17) is 15.1 Å². The number of hydrogen-bond donors (Lipinski definition) is 0. The molecule has 4 aliphatic heterocycles. The molecule has 368 valence electrons. The van der Waals surface area contributed by atoms with E-state index >= 15 is 0 Å². The molecule has 10 atom stereocenters. The lowest BCUT2D eigenvalue weighted by Gasteiger charge is -2.37. The first-order chi connectivity index (χ1) is 36.5. The van der Waals surface area contributed by atoms with Crippen molar-refractivity contribution in [2.45, 2.75) is 96.6 Å². The summed E-state index contributed by atoms with van der Waals surface area (Å²) in [5.41, 5.74) is 16.8. The molecule has 0 aliphatic carbocycles. The maximum Gasteiger partial charge on any atom is 0.366 e. The third-order valence-corrected chi connectivity index (χ3v) is 34.2. The molecule has 0 N–H and O–H groups in total. The van der Waals surface area contributed by atoms with Crippen molar-refractivity contribution >= 4 is 45.3 Å². The zero-order valence-corrected chi connectivity index (χ0v) is 46.7. The lowest BCUT2D eigenvalue weighted by Crippen LogP contribution is -2.17. The van der Waals surface area contributed by atoms with E-state index in [1.807, 2.05) is 0 Å². The third-order valence-electron chi connectivity index (χ3n) is 17.7. The largest absolute Gasteiger partial charge is 0.366 e. The molecule has 4 fully saturated rings. The number of benzene rings is 8. The molecule has 4 radical (unpaired) electrons. The zero-order valence-electron chi connectivity index (χ0n) is 43.1. The predicted molar refractivity (Wildman–Crippen MR) is 329 cm³/mol. The molecule has 0 nitrogen and oxygen atoms in total. The molecule has 4 heterocycles. The summed E-state index contributed by atoms with van der Waals surface area (Å²) in [5, 5.41) is 0. The predicted octanol–water partition coefficient (Wildman–Crippen LogP) is 20.2. The van der Waals surface area contributed by atoms with Gasteiger partial charge < -0.3 is 0 Å². The van der Waals surface area contributed by atoms with Crippen LogP contribution in [0, 0.1) is 0 Å². The normalized spacial score (nSPS) is 27.3. The van der Waals surface area contributed by atoms with Gasteiger partial charge in [-0.1, -0.05) is 258 Å². The van der Waals surface area contributed by atoms with Crippen molar-refractivity contribution in [1.82, 2.24) is 0 Å². The Morgan fingerprint density at radius 1 is 0.257 bits per heavy atom. The molecule has 4 unspecified atom stereocenters. The van der Waals surface area contributed by atoms with Crippen LogP contribution in [0.25, 0.3) is 0 Å². The second kappa shape index (κ2) is 24.3. The summed E-state index contributed by atoms with van der Waals surface area (Å²) < 4.78 is 0. The first kappa shape index (κ1) is 51.7. The van der Waals surface area contributed by atoms with Crippen LogP contribution in [0.1, 0.15) is 141 Å². The second-order valence-electron chi connectivity index (χ2n) is 21.6. The molecule has 4 aliphatic rings. The molecule has 0 bridgehead atoms. The van der Waals surface area contributed by atoms with Crippen LogP contribution in [-0.2, 0) is 0 Å². The highest BCUT2D eigenvalue weighted by Crippen LogP contribution is 2.87. The first-order valence-corrected chi connectivity index (χ1v) is 35.4. The van der Waals surface area contributed by atoms with Gasteiger partial charge >= 0.3 is 15.1 Å². The molecular weight excluding hydrogens is 962 g/mol. The standard InChI is InChI=1S/C34H36B2P2.C34H36P2/c35-37(31(27-13-5-1-6-14-27)21-22-32(37)28-15-7-2-8-16-28)25-26-38(36)33(29-17-9-3-10-18-29)23-24-34(38)30-19-11-4-12-20-30;1-5-13-27(14-6-1)31-21-22-32(28-15-7-2-8-16-28)35(31)25-26-36-33(29-17-9-3-10-18-29)23-24-34(36)30-19-11-4-12-20-30/h1-20,31-34H,21-26H2;1-20,31-34H,21-26H2/q+2;/t31-,32-,33-,34?,38?;31-,32-,33-,34?,36?/m11/s1. The third kappa shape index (κ3) is 11.2. The van der Waals surface area contributed by atoms with Crippen molar-refractivity contribution in [2.75, 3.05) is 24.6 Å². The first-order valence-electron chi connectivity index (χ1n) is 27.7. The minimum absolute atomic E-state index is 0.100. The van der Waals surface area contributed by atoms with Gasteiger partial charge in [0.05, 0.1) is 35.0 Å². The molecule has 0 spiro atoms. The smallest absolute Gasteiger partial charge is 0.0910 e. The fraction of sp³-hybridized carbons (Fsp3) is 0.294. The van der Waals surface area contributed by atoms with E-state index in [9.17, 15) is 0 Å². The molecule has 8 aromatic carbocycles. The van der Waals surface area contributed by atoms with Gasteiger partial charge in [0.1, 0.15) is 0 Å². The minimum Gasteiger partial charge on any atom is -0.0910 e. The summed E-state index contributed by atoms with van der Waals surface area (Å²) in [6, 6.07) is 90.2. The highest BCUT2D eigenvalue weighted by molar-refractivity contribution is 8.01. The molecule has 4 saturated heterocycles. The SMILES string of the molecule is [B][P+]1(CC[P+]2([B])[C@@H](c3ccccc3)CC[C@@H]2c2ccccc2)C(c2ccccc2)CC[C@@H]1c1ccccc1.c1ccc(C2CC[C@H](c3ccccc3)P2CCP2[C@@H](c3ccccc3)CC[C@@H]2c2ccccc2)cc1. The zero-order chi connectivity index (χ0) is 50.2. The average molecular weight is 1030 g/mol. The fourth-order valence-electron chi connectivity index (χ4n) is 14.2. The van der Waals surface area contributed by atoms with Crippen LogP contribution in [0.2, 0.25) is 0 Å².